The number of rotatable bonds is 3. The lowest BCUT2D eigenvalue weighted by Crippen LogP contribution is -2.20. The molecule has 0 rings (SSSR count). The van der Waals surface area contributed by atoms with Crippen LogP contribution in [-0.2, 0) is 4.79 Å². The van der Waals surface area contributed by atoms with Crippen LogP contribution in [0.3, 0.4) is 0 Å². The van der Waals surface area contributed by atoms with E-state index in [2.05, 4.69) is 17.8 Å². The average Bonchev–Trinajstić information content (AvgIpc) is 1.97. The van der Waals surface area contributed by atoms with Crippen LogP contribution in [0.15, 0.2) is 24.8 Å². The highest BCUT2D eigenvalue weighted by molar-refractivity contribution is 5.87. The Labute approximate surface area is 60.6 Å². The molecule has 0 saturated heterocycles. The Balaban J connectivity index is 3.55. The Kier molecular flexibility index (Phi) is 4.80. The van der Waals surface area contributed by atoms with E-state index >= 15 is 0 Å². The zero-order valence-corrected chi connectivity index (χ0v) is 5.63. The molecule has 0 heterocycles. The fourth-order valence-corrected chi connectivity index (χ4v) is 0.353. The molecule has 0 radical (unpaired) electrons. The van der Waals surface area contributed by atoms with Gasteiger partial charge in [0, 0.05) is 6.08 Å². The Morgan fingerprint density at radius 1 is 1.80 bits per heavy atom. The molecule has 0 aliphatic heterocycles. The van der Waals surface area contributed by atoms with E-state index in [1.165, 1.54) is 12.2 Å². The molecular formula is C8H9NO. The van der Waals surface area contributed by atoms with Gasteiger partial charge in [-0.1, -0.05) is 24.7 Å². The molecular weight excluding hydrogens is 126 g/mol. The summed E-state index contributed by atoms with van der Waals surface area (Å²) in [4.78, 5) is 10.6. The molecule has 2 heteroatoms. The number of hydrogen-bond acceptors (Lipinski definition) is 1. The molecule has 0 aromatic carbocycles. The van der Waals surface area contributed by atoms with E-state index in [9.17, 15) is 4.79 Å². The first-order valence-corrected chi connectivity index (χ1v) is 2.81. The van der Waals surface area contributed by atoms with Crippen LogP contribution in [-0.4, -0.2) is 12.5 Å². The molecule has 0 atom stereocenters. The van der Waals surface area contributed by atoms with Gasteiger partial charge in [-0.25, -0.2) is 0 Å². The first-order valence-electron chi connectivity index (χ1n) is 2.81. The third-order valence-corrected chi connectivity index (χ3v) is 0.748. The maximum atomic E-state index is 10.6. The van der Waals surface area contributed by atoms with Gasteiger partial charge in [0.2, 0.25) is 5.91 Å². The second-order valence-corrected chi connectivity index (χ2v) is 1.52. The lowest BCUT2D eigenvalue weighted by Gasteiger charge is -1.91. The van der Waals surface area contributed by atoms with Crippen molar-refractivity contribution in [3.8, 4) is 12.3 Å². The zero-order chi connectivity index (χ0) is 7.82. The zero-order valence-electron chi connectivity index (χ0n) is 5.63. The molecule has 0 unspecified atom stereocenters. The lowest BCUT2D eigenvalue weighted by molar-refractivity contribution is -0.116. The summed E-state index contributed by atoms with van der Waals surface area (Å²) in [5.41, 5.74) is 0. The molecule has 1 amide bonds. The van der Waals surface area contributed by atoms with Crippen LogP contribution in [0.4, 0.5) is 0 Å². The minimum absolute atomic E-state index is 0.196. The molecule has 1 N–H and O–H groups in total. The predicted molar refractivity (Wildman–Crippen MR) is 41.2 cm³/mol. The largest absolute Gasteiger partial charge is 0.342 e. The first kappa shape index (κ1) is 8.51. The Hall–Kier alpha value is -1.49. The summed E-state index contributed by atoms with van der Waals surface area (Å²) in [6.07, 6.45) is 9.33. The van der Waals surface area contributed by atoms with Crippen LogP contribution in [0.2, 0.25) is 0 Å². The van der Waals surface area contributed by atoms with Crippen molar-refractivity contribution in [3.63, 3.8) is 0 Å². The van der Waals surface area contributed by atoms with Gasteiger partial charge < -0.3 is 5.32 Å². The van der Waals surface area contributed by atoms with Crippen LogP contribution in [0, 0.1) is 12.3 Å². The van der Waals surface area contributed by atoms with Crippen LogP contribution in [0.25, 0.3) is 0 Å². The van der Waals surface area contributed by atoms with Gasteiger partial charge in [-0.05, 0) is 0 Å². The van der Waals surface area contributed by atoms with E-state index in [4.69, 9.17) is 6.42 Å². The molecule has 0 aliphatic rings. The Morgan fingerprint density at radius 2 is 2.50 bits per heavy atom. The van der Waals surface area contributed by atoms with E-state index in [0.29, 0.717) is 0 Å². The molecule has 10 heavy (non-hydrogen) atoms. The van der Waals surface area contributed by atoms with Gasteiger partial charge in [0.15, 0.2) is 0 Å². The maximum Gasteiger partial charge on any atom is 0.244 e. The minimum Gasteiger partial charge on any atom is -0.342 e. The summed E-state index contributed by atoms with van der Waals surface area (Å²) < 4.78 is 0. The smallest absolute Gasteiger partial charge is 0.244 e. The van der Waals surface area contributed by atoms with Gasteiger partial charge in [-0.2, -0.15) is 0 Å². The summed E-state index contributed by atoms with van der Waals surface area (Å²) in [5.74, 6) is 2.09. The fraction of sp³-hybridized carbons (Fsp3) is 0.125. The number of allylic oxidation sites excluding steroid dienone is 2. The Morgan fingerprint density at radius 3 is 3.00 bits per heavy atom. The highest BCUT2D eigenvalue weighted by Gasteiger charge is 1.87. The van der Waals surface area contributed by atoms with Crippen molar-refractivity contribution in [2.75, 3.05) is 6.54 Å². The summed E-state index contributed by atoms with van der Waals surface area (Å²) in [5, 5.41) is 2.46. The van der Waals surface area contributed by atoms with Crippen molar-refractivity contribution < 1.29 is 4.79 Å². The van der Waals surface area contributed by atoms with Crippen LogP contribution in [0.1, 0.15) is 0 Å². The van der Waals surface area contributed by atoms with E-state index in [-0.39, 0.29) is 12.5 Å². The summed E-state index contributed by atoms with van der Waals surface area (Å²) >= 11 is 0. The van der Waals surface area contributed by atoms with Gasteiger partial charge in [-0.3, -0.25) is 4.79 Å². The van der Waals surface area contributed by atoms with Crippen molar-refractivity contribution in [2.24, 2.45) is 0 Å². The minimum atomic E-state index is -0.196. The van der Waals surface area contributed by atoms with Crippen molar-refractivity contribution in [1.29, 1.82) is 0 Å². The number of hydrogen-bond donors (Lipinski definition) is 1. The van der Waals surface area contributed by atoms with Crippen LogP contribution in [0.5, 0.6) is 0 Å². The molecule has 2 nitrogen and oxygen atoms in total. The van der Waals surface area contributed by atoms with Crippen molar-refractivity contribution in [3.05, 3.63) is 24.8 Å². The molecule has 52 valence electrons. The van der Waals surface area contributed by atoms with E-state index in [1.807, 2.05) is 0 Å². The number of carbonyl (C=O) groups excluding carboxylic acids is 1. The monoisotopic (exact) mass is 135 g/mol. The van der Waals surface area contributed by atoms with Crippen molar-refractivity contribution >= 4 is 5.91 Å². The molecule has 0 saturated carbocycles. The highest BCUT2D eigenvalue weighted by Crippen LogP contribution is 1.72. The standard InChI is InChI=1S/C8H9NO/c1-3-5-6-8(10)9-7-4-2/h2-3,5-6H,1,7H2,(H,9,10)/b6-5+. The second-order valence-electron chi connectivity index (χ2n) is 1.52. The van der Waals surface area contributed by atoms with Crippen LogP contribution < -0.4 is 5.32 Å². The quantitative estimate of drug-likeness (QED) is 0.340. The van der Waals surface area contributed by atoms with Crippen LogP contribution >= 0.6 is 0 Å². The first-order chi connectivity index (χ1) is 4.81. The third-order valence-electron chi connectivity index (χ3n) is 0.748. The fourth-order valence-electron chi connectivity index (χ4n) is 0.353. The summed E-state index contributed by atoms with van der Waals surface area (Å²) in [6.45, 7) is 3.67. The SMILES string of the molecule is C#CCNC(=O)/C=C/C=C. The lowest BCUT2D eigenvalue weighted by atomic mass is 10.4. The average molecular weight is 135 g/mol. The predicted octanol–water partition coefficient (Wildman–Crippen LogP) is 0.478. The van der Waals surface area contributed by atoms with Gasteiger partial charge >= 0.3 is 0 Å². The van der Waals surface area contributed by atoms with Gasteiger partial charge in [-0.15, -0.1) is 6.42 Å². The number of terminal acetylenes is 1. The maximum absolute atomic E-state index is 10.6. The highest BCUT2D eigenvalue weighted by atomic mass is 16.1. The summed E-state index contributed by atoms with van der Waals surface area (Å²) in [6, 6.07) is 0. The van der Waals surface area contributed by atoms with E-state index < -0.39 is 0 Å². The van der Waals surface area contributed by atoms with Gasteiger partial charge in [0.1, 0.15) is 0 Å². The van der Waals surface area contributed by atoms with Gasteiger partial charge in [0.25, 0.3) is 0 Å². The molecule has 0 bridgehead atoms. The van der Waals surface area contributed by atoms with Crippen molar-refractivity contribution in [2.45, 2.75) is 0 Å². The normalized spacial score (nSPS) is 8.70. The number of amides is 1. The molecule has 0 aromatic rings. The Bertz CT molecular complexity index is 186. The molecule has 0 aliphatic carbocycles. The van der Waals surface area contributed by atoms with E-state index in [1.54, 1.807) is 6.08 Å². The number of carbonyl (C=O) groups is 1. The number of nitrogens with one attached hydrogen (secondary N) is 1. The molecule has 0 spiro atoms. The molecule has 0 aromatic heterocycles. The summed E-state index contributed by atoms with van der Waals surface area (Å²) in [7, 11) is 0. The van der Waals surface area contributed by atoms with Crippen molar-refractivity contribution in [1.82, 2.24) is 5.32 Å². The van der Waals surface area contributed by atoms with E-state index in [0.717, 1.165) is 0 Å². The second kappa shape index (κ2) is 5.64. The van der Waals surface area contributed by atoms with Gasteiger partial charge in [0.05, 0.1) is 6.54 Å². The third kappa shape index (κ3) is 4.66. The topological polar surface area (TPSA) is 29.1 Å². The molecule has 0 fully saturated rings.